The summed E-state index contributed by atoms with van der Waals surface area (Å²) >= 11 is 0. The molecule has 3 N–H and O–H groups in total. The molecule has 0 radical (unpaired) electrons. The number of hydrogen-bond acceptors (Lipinski definition) is 3. The van der Waals surface area contributed by atoms with Crippen LogP contribution in [0.2, 0.25) is 0 Å². The van der Waals surface area contributed by atoms with Crippen LogP contribution in [-0.4, -0.2) is 18.6 Å². The van der Waals surface area contributed by atoms with E-state index in [1.807, 2.05) is 12.1 Å². The van der Waals surface area contributed by atoms with Gasteiger partial charge in [-0.05, 0) is 37.3 Å². The van der Waals surface area contributed by atoms with E-state index in [1.54, 1.807) is 12.1 Å². The average molecular weight is 290 g/mol. The van der Waals surface area contributed by atoms with Gasteiger partial charge in [0.15, 0.2) is 6.61 Å². The highest BCUT2D eigenvalue weighted by Crippen LogP contribution is 2.27. The van der Waals surface area contributed by atoms with E-state index in [0.717, 1.165) is 6.42 Å². The zero-order valence-corrected chi connectivity index (χ0v) is 12.8. The molecule has 1 unspecified atom stereocenters. The highest BCUT2D eigenvalue weighted by molar-refractivity contribution is 5.77. The molecule has 0 bridgehead atoms. The lowest BCUT2D eigenvalue weighted by molar-refractivity contribution is -0.124. The Morgan fingerprint density at radius 1 is 1.38 bits per heavy atom. The number of nitrogens with two attached hydrogens (primary N) is 1. The summed E-state index contributed by atoms with van der Waals surface area (Å²) in [7, 11) is 0. The minimum atomic E-state index is -0.0464. The molecule has 1 fully saturated rings. The third-order valence-corrected chi connectivity index (χ3v) is 4.23. The van der Waals surface area contributed by atoms with Crippen LogP contribution in [0.1, 0.15) is 45.4 Å². The van der Waals surface area contributed by atoms with Crippen molar-refractivity contribution in [1.29, 1.82) is 0 Å². The SMILES string of the molecule is CCC(NC(=O)COc1cccc(N)c1)C1CCCCC1. The minimum Gasteiger partial charge on any atom is -0.484 e. The molecule has 1 atom stereocenters. The Kier molecular flexibility index (Phi) is 5.90. The maximum atomic E-state index is 12.0. The smallest absolute Gasteiger partial charge is 0.258 e. The maximum absolute atomic E-state index is 12.0. The Balaban J connectivity index is 1.79. The van der Waals surface area contributed by atoms with Crippen molar-refractivity contribution in [3.05, 3.63) is 24.3 Å². The highest BCUT2D eigenvalue weighted by Gasteiger charge is 2.23. The van der Waals surface area contributed by atoms with E-state index in [4.69, 9.17) is 10.5 Å². The second-order valence-corrected chi connectivity index (χ2v) is 5.84. The lowest BCUT2D eigenvalue weighted by Gasteiger charge is -2.30. The number of benzene rings is 1. The van der Waals surface area contributed by atoms with Gasteiger partial charge in [0.2, 0.25) is 0 Å². The molecule has 116 valence electrons. The van der Waals surface area contributed by atoms with Crippen molar-refractivity contribution < 1.29 is 9.53 Å². The van der Waals surface area contributed by atoms with Crippen LogP contribution in [-0.2, 0) is 4.79 Å². The Morgan fingerprint density at radius 3 is 2.81 bits per heavy atom. The van der Waals surface area contributed by atoms with Gasteiger partial charge in [-0.3, -0.25) is 4.79 Å². The molecule has 1 aliphatic rings. The molecule has 1 saturated carbocycles. The van der Waals surface area contributed by atoms with Gasteiger partial charge in [0.25, 0.3) is 5.91 Å². The van der Waals surface area contributed by atoms with Crippen molar-refractivity contribution in [3.8, 4) is 5.75 Å². The van der Waals surface area contributed by atoms with E-state index >= 15 is 0 Å². The number of amides is 1. The van der Waals surface area contributed by atoms with Crippen LogP contribution in [0.3, 0.4) is 0 Å². The van der Waals surface area contributed by atoms with Crippen molar-refractivity contribution in [2.24, 2.45) is 5.92 Å². The van der Waals surface area contributed by atoms with Crippen LogP contribution in [0.4, 0.5) is 5.69 Å². The standard InChI is InChI=1S/C17H26N2O2/c1-2-16(13-7-4-3-5-8-13)19-17(20)12-21-15-10-6-9-14(18)11-15/h6,9-11,13,16H,2-5,7-8,12,18H2,1H3,(H,19,20). The molecule has 0 aliphatic heterocycles. The topological polar surface area (TPSA) is 64.3 Å². The number of rotatable bonds is 6. The second-order valence-electron chi connectivity index (χ2n) is 5.84. The molecule has 1 aliphatic carbocycles. The van der Waals surface area contributed by atoms with Crippen LogP contribution in [0.5, 0.6) is 5.75 Å². The Labute approximate surface area is 127 Å². The maximum Gasteiger partial charge on any atom is 0.258 e. The molecule has 0 saturated heterocycles. The van der Waals surface area contributed by atoms with E-state index in [-0.39, 0.29) is 18.6 Å². The average Bonchev–Trinajstić information content (AvgIpc) is 2.51. The largest absolute Gasteiger partial charge is 0.484 e. The summed E-state index contributed by atoms with van der Waals surface area (Å²) in [6, 6.07) is 7.43. The first kappa shape index (κ1) is 15.7. The van der Waals surface area contributed by atoms with Crippen molar-refractivity contribution >= 4 is 11.6 Å². The third kappa shape index (κ3) is 4.96. The van der Waals surface area contributed by atoms with Gasteiger partial charge in [-0.25, -0.2) is 0 Å². The Hall–Kier alpha value is -1.71. The number of hydrogen-bond donors (Lipinski definition) is 2. The molecule has 0 aromatic heterocycles. The van der Waals surface area contributed by atoms with Crippen LogP contribution < -0.4 is 15.8 Å². The van der Waals surface area contributed by atoms with Crippen LogP contribution in [0.15, 0.2) is 24.3 Å². The van der Waals surface area contributed by atoms with Crippen molar-refractivity contribution in [2.45, 2.75) is 51.5 Å². The molecule has 0 spiro atoms. The molecule has 4 heteroatoms. The molecule has 1 amide bonds. The molecule has 2 rings (SSSR count). The molecular weight excluding hydrogens is 264 g/mol. The van der Waals surface area contributed by atoms with Crippen LogP contribution in [0, 0.1) is 5.92 Å². The number of nitrogens with one attached hydrogen (secondary N) is 1. The normalized spacial score (nSPS) is 17.2. The number of anilines is 1. The Morgan fingerprint density at radius 2 is 2.14 bits per heavy atom. The first-order valence-corrected chi connectivity index (χ1v) is 7.96. The lowest BCUT2D eigenvalue weighted by Crippen LogP contribution is -2.42. The number of carbonyl (C=O) groups excluding carboxylic acids is 1. The zero-order valence-electron chi connectivity index (χ0n) is 12.8. The summed E-state index contributed by atoms with van der Waals surface area (Å²) in [5, 5.41) is 3.13. The summed E-state index contributed by atoms with van der Waals surface area (Å²) in [5.41, 5.74) is 6.32. The Bertz CT molecular complexity index is 456. The number of carbonyl (C=O) groups is 1. The van der Waals surface area contributed by atoms with Gasteiger partial charge in [0.05, 0.1) is 0 Å². The van der Waals surface area contributed by atoms with E-state index < -0.39 is 0 Å². The molecule has 21 heavy (non-hydrogen) atoms. The van der Waals surface area contributed by atoms with E-state index in [9.17, 15) is 4.79 Å². The molecule has 1 aromatic rings. The predicted molar refractivity (Wildman–Crippen MR) is 85.1 cm³/mol. The molecule has 0 heterocycles. The summed E-state index contributed by atoms with van der Waals surface area (Å²) in [6.45, 7) is 2.19. The van der Waals surface area contributed by atoms with Crippen molar-refractivity contribution in [1.82, 2.24) is 5.32 Å². The summed E-state index contributed by atoms with van der Waals surface area (Å²) in [4.78, 5) is 12.0. The quantitative estimate of drug-likeness (QED) is 0.791. The second kappa shape index (κ2) is 7.91. The summed E-state index contributed by atoms with van der Waals surface area (Å²) in [6.07, 6.45) is 7.35. The van der Waals surface area contributed by atoms with Gasteiger partial charge in [0.1, 0.15) is 5.75 Å². The fourth-order valence-corrected chi connectivity index (χ4v) is 3.09. The van der Waals surface area contributed by atoms with Gasteiger partial charge in [-0.1, -0.05) is 32.3 Å². The molecule has 4 nitrogen and oxygen atoms in total. The van der Waals surface area contributed by atoms with Crippen LogP contribution >= 0.6 is 0 Å². The summed E-state index contributed by atoms with van der Waals surface area (Å²) in [5.74, 6) is 1.21. The van der Waals surface area contributed by atoms with Gasteiger partial charge in [-0.2, -0.15) is 0 Å². The minimum absolute atomic E-state index is 0.0464. The first-order valence-electron chi connectivity index (χ1n) is 7.96. The third-order valence-electron chi connectivity index (χ3n) is 4.23. The van der Waals surface area contributed by atoms with Crippen LogP contribution in [0.25, 0.3) is 0 Å². The van der Waals surface area contributed by atoms with Gasteiger partial charge >= 0.3 is 0 Å². The van der Waals surface area contributed by atoms with Crippen molar-refractivity contribution in [2.75, 3.05) is 12.3 Å². The van der Waals surface area contributed by atoms with Gasteiger partial charge in [-0.15, -0.1) is 0 Å². The molecule has 1 aromatic carbocycles. The van der Waals surface area contributed by atoms with E-state index in [1.165, 1.54) is 32.1 Å². The molecular formula is C17H26N2O2. The summed E-state index contributed by atoms with van der Waals surface area (Å²) < 4.78 is 5.49. The number of nitrogen functional groups attached to an aromatic ring is 1. The fraction of sp³-hybridized carbons (Fsp3) is 0.588. The van der Waals surface area contributed by atoms with Gasteiger partial charge < -0.3 is 15.8 Å². The highest BCUT2D eigenvalue weighted by atomic mass is 16.5. The van der Waals surface area contributed by atoms with E-state index in [0.29, 0.717) is 17.4 Å². The van der Waals surface area contributed by atoms with Gasteiger partial charge in [0, 0.05) is 17.8 Å². The predicted octanol–water partition coefficient (Wildman–Crippen LogP) is 3.12. The van der Waals surface area contributed by atoms with Crippen molar-refractivity contribution in [3.63, 3.8) is 0 Å². The monoisotopic (exact) mass is 290 g/mol. The fourth-order valence-electron chi connectivity index (χ4n) is 3.09. The van der Waals surface area contributed by atoms with E-state index in [2.05, 4.69) is 12.2 Å². The number of ether oxygens (including phenoxy) is 1. The first-order chi connectivity index (χ1) is 10.2. The lowest BCUT2D eigenvalue weighted by atomic mass is 9.83. The zero-order chi connectivity index (χ0) is 15.1.